The van der Waals surface area contributed by atoms with Crippen LogP contribution < -0.4 is 10.6 Å². The van der Waals surface area contributed by atoms with E-state index in [1.165, 1.54) is 0 Å². The molecular formula is C13H24N2O3. The van der Waals surface area contributed by atoms with E-state index in [9.17, 15) is 9.59 Å². The zero-order chi connectivity index (χ0) is 13.5. The summed E-state index contributed by atoms with van der Waals surface area (Å²) in [5.41, 5.74) is 0. The lowest BCUT2D eigenvalue weighted by Crippen LogP contribution is -2.33. The number of aliphatic hydroxyl groups excluding tert-OH is 1. The molecule has 2 amide bonds. The van der Waals surface area contributed by atoms with Crippen LogP contribution in [0.4, 0.5) is 0 Å². The lowest BCUT2D eigenvalue weighted by Gasteiger charge is -2.11. The minimum Gasteiger partial charge on any atom is -0.396 e. The van der Waals surface area contributed by atoms with Gasteiger partial charge in [-0.05, 0) is 24.7 Å². The second kappa shape index (κ2) is 7.36. The van der Waals surface area contributed by atoms with Crippen LogP contribution in [-0.2, 0) is 9.59 Å². The van der Waals surface area contributed by atoms with Crippen molar-refractivity contribution in [3.05, 3.63) is 0 Å². The molecule has 3 N–H and O–H groups in total. The lowest BCUT2D eigenvalue weighted by molar-refractivity contribution is -0.123. The Morgan fingerprint density at radius 1 is 1.39 bits per heavy atom. The fraction of sp³-hybridized carbons (Fsp3) is 0.846. The molecule has 0 aromatic carbocycles. The van der Waals surface area contributed by atoms with E-state index in [-0.39, 0.29) is 30.3 Å². The van der Waals surface area contributed by atoms with Crippen molar-refractivity contribution in [3.63, 3.8) is 0 Å². The maximum atomic E-state index is 11.5. The molecule has 104 valence electrons. The van der Waals surface area contributed by atoms with Gasteiger partial charge in [-0.25, -0.2) is 0 Å². The number of rotatable bonds is 8. The van der Waals surface area contributed by atoms with Gasteiger partial charge in [-0.3, -0.25) is 9.59 Å². The summed E-state index contributed by atoms with van der Waals surface area (Å²) in [5, 5.41) is 14.3. The largest absolute Gasteiger partial charge is 0.396 e. The van der Waals surface area contributed by atoms with E-state index in [0.717, 1.165) is 6.42 Å². The van der Waals surface area contributed by atoms with E-state index < -0.39 is 0 Å². The maximum absolute atomic E-state index is 11.5. The summed E-state index contributed by atoms with van der Waals surface area (Å²) in [5.74, 6) is 0.963. The Morgan fingerprint density at radius 3 is 2.61 bits per heavy atom. The van der Waals surface area contributed by atoms with Crippen LogP contribution in [0.5, 0.6) is 0 Å². The van der Waals surface area contributed by atoms with E-state index >= 15 is 0 Å². The van der Waals surface area contributed by atoms with Crippen LogP contribution in [0.1, 0.15) is 33.1 Å². The van der Waals surface area contributed by atoms with Crippen LogP contribution in [-0.4, -0.2) is 36.6 Å². The van der Waals surface area contributed by atoms with Crippen molar-refractivity contribution in [2.75, 3.05) is 19.7 Å². The zero-order valence-corrected chi connectivity index (χ0v) is 11.2. The highest BCUT2D eigenvalue weighted by Crippen LogP contribution is 2.37. The monoisotopic (exact) mass is 256 g/mol. The highest BCUT2D eigenvalue weighted by molar-refractivity contribution is 5.82. The smallest absolute Gasteiger partial charge is 0.223 e. The molecule has 3 unspecified atom stereocenters. The van der Waals surface area contributed by atoms with Gasteiger partial charge in [-0.1, -0.05) is 13.8 Å². The highest BCUT2D eigenvalue weighted by Gasteiger charge is 2.38. The molecule has 0 saturated heterocycles. The number of carbonyl (C=O) groups excluding carboxylic acids is 2. The van der Waals surface area contributed by atoms with Crippen LogP contribution in [0, 0.1) is 17.8 Å². The Kier molecular flexibility index (Phi) is 6.12. The van der Waals surface area contributed by atoms with Gasteiger partial charge in [0.1, 0.15) is 0 Å². The third kappa shape index (κ3) is 5.49. The molecule has 0 aromatic heterocycles. The summed E-state index contributed by atoms with van der Waals surface area (Å²) in [6, 6.07) is 0. The third-order valence-electron chi connectivity index (χ3n) is 3.37. The summed E-state index contributed by atoms with van der Waals surface area (Å²) in [7, 11) is 0. The molecule has 5 heteroatoms. The Balaban J connectivity index is 2.01. The minimum atomic E-state index is -0.0519. The Bertz CT molecular complexity index is 294. The topological polar surface area (TPSA) is 78.4 Å². The van der Waals surface area contributed by atoms with Crippen molar-refractivity contribution in [1.82, 2.24) is 10.6 Å². The predicted molar refractivity (Wildman–Crippen MR) is 68.8 cm³/mol. The van der Waals surface area contributed by atoms with Crippen molar-refractivity contribution in [3.8, 4) is 0 Å². The van der Waals surface area contributed by atoms with Crippen molar-refractivity contribution >= 4 is 11.8 Å². The van der Waals surface area contributed by atoms with Gasteiger partial charge in [0.25, 0.3) is 0 Å². The van der Waals surface area contributed by atoms with Crippen LogP contribution >= 0.6 is 0 Å². The van der Waals surface area contributed by atoms with Crippen molar-refractivity contribution in [1.29, 1.82) is 0 Å². The first-order valence-electron chi connectivity index (χ1n) is 6.69. The Hall–Kier alpha value is -1.10. The van der Waals surface area contributed by atoms with Crippen LogP contribution in [0.2, 0.25) is 0 Å². The maximum Gasteiger partial charge on any atom is 0.223 e. The number of carbonyl (C=O) groups is 2. The first-order chi connectivity index (χ1) is 8.54. The van der Waals surface area contributed by atoms with Gasteiger partial charge in [0.05, 0.1) is 0 Å². The number of amides is 2. The van der Waals surface area contributed by atoms with Crippen molar-refractivity contribution in [2.45, 2.75) is 33.1 Å². The molecule has 0 bridgehead atoms. The fourth-order valence-corrected chi connectivity index (χ4v) is 1.82. The van der Waals surface area contributed by atoms with Gasteiger partial charge in [0.15, 0.2) is 0 Å². The summed E-state index contributed by atoms with van der Waals surface area (Å²) in [6.07, 6.45) is 1.98. The van der Waals surface area contributed by atoms with E-state index in [1.54, 1.807) is 0 Å². The Labute approximate surface area is 108 Å². The zero-order valence-electron chi connectivity index (χ0n) is 11.2. The standard InChI is InChI=1S/C13H24N2O3/c1-9(4-6-16)8-15-12(17)3-5-14-13(18)11-7-10(11)2/h9-11,16H,3-8H2,1-2H3,(H,14,18)(H,15,17). The molecule has 0 aliphatic heterocycles. The molecule has 1 aliphatic carbocycles. The van der Waals surface area contributed by atoms with Gasteiger partial charge >= 0.3 is 0 Å². The number of hydrogen-bond acceptors (Lipinski definition) is 3. The molecule has 0 aromatic rings. The first kappa shape index (κ1) is 15.0. The molecular weight excluding hydrogens is 232 g/mol. The molecule has 3 atom stereocenters. The average Bonchev–Trinajstić information content (AvgIpc) is 3.04. The molecule has 1 aliphatic rings. The second-order valence-corrected chi connectivity index (χ2v) is 5.28. The average molecular weight is 256 g/mol. The summed E-state index contributed by atoms with van der Waals surface area (Å²) >= 11 is 0. The van der Waals surface area contributed by atoms with Gasteiger partial charge in [0.2, 0.25) is 11.8 Å². The Morgan fingerprint density at radius 2 is 2.06 bits per heavy atom. The van der Waals surface area contributed by atoms with Crippen LogP contribution in [0.15, 0.2) is 0 Å². The van der Waals surface area contributed by atoms with Crippen LogP contribution in [0.3, 0.4) is 0 Å². The molecule has 18 heavy (non-hydrogen) atoms. The van der Waals surface area contributed by atoms with Crippen molar-refractivity contribution in [2.24, 2.45) is 17.8 Å². The van der Waals surface area contributed by atoms with Gasteiger partial charge in [-0.2, -0.15) is 0 Å². The quantitative estimate of drug-likeness (QED) is 0.584. The SMILES string of the molecule is CC(CCO)CNC(=O)CCNC(=O)C1CC1C. The summed E-state index contributed by atoms with van der Waals surface area (Å²) in [6.45, 7) is 5.16. The molecule has 1 fully saturated rings. The van der Waals surface area contributed by atoms with E-state index in [4.69, 9.17) is 5.11 Å². The predicted octanol–water partition coefficient (Wildman–Crippen LogP) is 0.283. The minimum absolute atomic E-state index is 0.0519. The fourth-order valence-electron chi connectivity index (χ4n) is 1.82. The normalized spacial score (nSPS) is 23.3. The van der Waals surface area contributed by atoms with E-state index in [2.05, 4.69) is 17.6 Å². The number of nitrogens with one attached hydrogen (secondary N) is 2. The molecule has 0 spiro atoms. The molecule has 1 rings (SSSR count). The molecule has 0 heterocycles. The van der Waals surface area contributed by atoms with Crippen LogP contribution in [0.25, 0.3) is 0 Å². The van der Waals surface area contributed by atoms with E-state index in [0.29, 0.717) is 31.8 Å². The number of aliphatic hydroxyl groups is 1. The van der Waals surface area contributed by atoms with E-state index in [1.807, 2.05) is 6.92 Å². The van der Waals surface area contributed by atoms with Gasteiger partial charge in [0, 0.05) is 32.0 Å². The lowest BCUT2D eigenvalue weighted by atomic mass is 10.1. The van der Waals surface area contributed by atoms with Crippen molar-refractivity contribution < 1.29 is 14.7 Å². The van der Waals surface area contributed by atoms with Gasteiger partial charge < -0.3 is 15.7 Å². The second-order valence-electron chi connectivity index (χ2n) is 5.28. The first-order valence-corrected chi connectivity index (χ1v) is 6.69. The molecule has 1 saturated carbocycles. The third-order valence-corrected chi connectivity index (χ3v) is 3.37. The molecule has 5 nitrogen and oxygen atoms in total. The van der Waals surface area contributed by atoms with Gasteiger partial charge in [-0.15, -0.1) is 0 Å². The highest BCUT2D eigenvalue weighted by atomic mass is 16.3. The summed E-state index contributed by atoms with van der Waals surface area (Å²) < 4.78 is 0. The molecule has 0 radical (unpaired) electrons. The number of hydrogen-bond donors (Lipinski definition) is 3. The summed E-state index contributed by atoms with van der Waals surface area (Å²) in [4.78, 5) is 22.9.